The highest BCUT2D eigenvalue weighted by Gasteiger charge is 2.51. The van der Waals surface area contributed by atoms with Crippen LogP contribution in [0.15, 0.2) is 42.5 Å². The Hall–Kier alpha value is -1.58. The SMILES string of the molecule is CC(C)(C)c1cc(-c2cccc(B3OC(C)(C)C(C)(C)O3)c2)cc(C(C)(C)C)c1. The standard InChI is InChI=1S/C26H37BO2/c1-23(2,3)20-14-19(15-21(17-20)24(4,5)6)18-12-11-13-22(16-18)27-28-25(7,8)26(9,10)29-27/h11-17H,1-10H3. The van der Waals surface area contributed by atoms with Crippen molar-refractivity contribution in [1.29, 1.82) is 0 Å². The van der Waals surface area contributed by atoms with Crippen LogP contribution in [0.4, 0.5) is 0 Å². The van der Waals surface area contributed by atoms with Gasteiger partial charge in [-0.3, -0.25) is 0 Å². The van der Waals surface area contributed by atoms with Crippen molar-refractivity contribution < 1.29 is 9.31 Å². The number of rotatable bonds is 2. The van der Waals surface area contributed by atoms with Gasteiger partial charge in [0.1, 0.15) is 0 Å². The summed E-state index contributed by atoms with van der Waals surface area (Å²) in [5.74, 6) is 0. The van der Waals surface area contributed by atoms with Gasteiger partial charge in [0.25, 0.3) is 0 Å². The minimum absolute atomic E-state index is 0.0966. The van der Waals surface area contributed by atoms with E-state index in [0.717, 1.165) is 5.46 Å². The van der Waals surface area contributed by atoms with Crippen LogP contribution in [0.1, 0.15) is 80.4 Å². The summed E-state index contributed by atoms with van der Waals surface area (Å²) < 4.78 is 12.5. The second-order valence-corrected chi connectivity index (χ2v) is 11.5. The lowest BCUT2D eigenvalue weighted by Gasteiger charge is -2.32. The second-order valence-electron chi connectivity index (χ2n) is 11.5. The van der Waals surface area contributed by atoms with E-state index in [1.54, 1.807) is 0 Å². The summed E-state index contributed by atoms with van der Waals surface area (Å²) >= 11 is 0. The molecule has 2 aromatic carbocycles. The molecule has 0 radical (unpaired) electrons. The van der Waals surface area contributed by atoms with Crippen LogP contribution in [0, 0.1) is 0 Å². The smallest absolute Gasteiger partial charge is 0.399 e. The third-order valence-corrected chi connectivity index (χ3v) is 6.41. The Morgan fingerprint density at radius 2 is 1.14 bits per heavy atom. The van der Waals surface area contributed by atoms with E-state index in [9.17, 15) is 0 Å². The summed E-state index contributed by atoms with van der Waals surface area (Å²) in [7, 11) is -0.340. The third-order valence-electron chi connectivity index (χ3n) is 6.41. The molecule has 2 aromatic rings. The molecule has 1 aliphatic rings. The van der Waals surface area contributed by atoms with Crippen molar-refractivity contribution >= 4 is 12.6 Å². The molecule has 156 valence electrons. The molecule has 3 rings (SSSR count). The summed E-state index contributed by atoms with van der Waals surface area (Å²) in [6, 6.07) is 15.6. The van der Waals surface area contributed by atoms with Crippen molar-refractivity contribution in [3.8, 4) is 11.1 Å². The van der Waals surface area contributed by atoms with Gasteiger partial charge in [-0.15, -0.1) is 0 Å². The van der Waals surface area contributed by atoms with E-state index in [1.807, 2.05) is 0 Å². The van der Waals surface area contributed by atoms with Gasteiger partial charge in [0.15, 0.2) is 0 Å². The maximum Gasteiger partial charge on any atom is 0.494 e. The molecule has 2 nitrogen and oxygen atoms in total. The van der Waals surface area contributed by atoms with Crippen LogP contribution in [-0.2, 0) is 20.1 Å². The molecule has 0 spiro atoms. The highest BCUT2D eigenvalue weighted by atomic mass is 16.7. The van der Waals surface area contributed by atoms with Crippen molar-refractivity contribution in [2.45, 2.75) is 91.3 Å². The zero-order chi connectivity index (χ0) is 21.8. The van der Waals surface area contributed by atoms with Gasteiger partial charge in [-0.05, 0) is 66.2 Å². The van der Waals surface area contributed by atoms with Gasteiger partial charge in [0.2, 0.25) is 0 Å². The van der Waals surface area contributed by atoms with E-state index < -0.39 is 0 Å². The van der Waals surface area contributed by atoms with E-state index in [4.69, 9.17) is 9.31 Å². The van der Waals surface area contributed by atoms with Crippen LogP contribution in [-0.4, -0.2) is 18.3 Å². The normalized spacial score (nSPS) is 18.9. The first-order valence-corrected chi connectivity index (χ1v) is 10.7. The summed E-state index contributed by atoms with van der Waals surface area (Å²) in [5.41, 5.74) is 5.77. The molecule has 0 unspecified atom stereocenters. The van der Waals surface area contributed by atoms with Crippen molar-refractivity contribution in [1.82, 2.24) is 0 Å². The zero-order valence-corrected chi connectivity index (χ0v) is 19.9. The van der Waals surface area contributed by atoms with Gasteiger partial charge >= 0.3 is 7.12 Å². The number of hydrogen-bond donors (Lipinski definition) is 0. The summed E-state index contributed by atoms with van der Waals surface area (Å²) in [5, 5.41) is 0. The first kappa shape index (κ1) is 22.1. The van der Waals surface area contributed by atoms with Gasteiger partial charge in [-0.1, -0.05) is 84.0 Å². The summed E-state index contributed by atoms with van der Waals surface area (Å²) in [6.45, 7) is 22.0. The van der Waals surface area contributed by atoms with E-state index in [-0.39, 0.29) is 29.2 Å². The molecule has 1 heterocycles. The summed E-state index contributed by atoms with van der Waals surface area (Å²) in [6.07, 6.45) is 0. The molecule has 0 N–H and O–H groups in total. The molecule has 0 bridgehead atoms. The average Bonchev–Trinajstić information content (AvgIpc) is 2.81. The minimum Gasteiger partial charge on any atom is -0.399 e. The Labute approximate surface area is 178 Å². The van der Waals surface area contributed by atoms with Gasteiger partial charge in [0, 0.05) is 0 Å². The van der Waals surface area contributed by atoms with Crippen LogP contribution in [0.5, 0.6) is 0 Å². The van der Waals surface area contributed by atoms with E-state index >= 15 is 0 Å². The van der Waals surface area contributed by atoms with Crippen molar-refractivity contribution in [2.75, 3.05) is 0 Å². The molecule has 3 heteroatoms. The lowest BCUT2D eigenvalue weighted by atomic mass is 9.76. The van der Waals surface area contributed by atoms with Crippen molar-refractivity contribution in [3.05, 3.63) is 53.6 Å². The number of hydrogen-bond acceptors (Lipinski definition) is 2. The van der Waals surface area contributed by atoms with Crippen LogP contribution in [0.25, 0.3) is 11.1 Å². The molecule has 0 saturated carbocycles. The quantitative estimate of drug-likeness (QED) is 0.563. The van der Waals surface area contributed by atoms with Gasteiger partial charge in [-0.2, -0.15) is 0 Å². The lowest BCUT2D eigenvalue weighted by Crippen LogP contribution is -2.41. The molecular weight excluding hydrogens is 355 g/mol. The molecular formula is C26H37BO2. The van der Waals surface area contributed by atoms with Crippen LogP contribution in [0.3, 0.4) is 0 Å². The Morgan fingerprint density at radius 1 is 0.655 bits per heavy atom. The molecule has 0 aliphatic carbocycles. The molecule has 1 fully saturated rings. The Bertz CT molecular complexity index is 849. The van der Waals surface area contributed by atoms with Crippen molar-refractivity contribution in [2.24, 2.45) is 0 Å². The monoisotopic (exact) mass is 392 g/mol. The average molecular weight is 392 g/mol. The van der Waals surface area contributed by atoms with Gasteiger partial charge < -0.3 is 9.31 Å². The Balaban J connectivity index is 2.05. The molecule has 1 saturated heterocycles. The van der Waals surface area contributed by atoms with Crippen LogP contribution < -0.4 is 5.46 Å². The van der Waals surface area contributed by atoms with E-state index in [0.29, 0.717) is 0 Å². The first-order valence-electron chi connectivity index (χ1n) is 10.7. The van der Waals surface area contributed by atoms with E-state index in [1.165, 1.54) is 22.3 Å². The molecule has 29 heavy (non-hydrogen) atoms. The Kier molecular flexibility index (Phi) is 5.33. The molecule has 0 amide bonds. The molecule has 0 atom stereocenters. The van der Waals surface area contributed by atoms with Crippen molar-refractivity contribution in [3.63, 3.8) is 0 Å². The fourth-order valence-corrected chi connectivity index (χ4v) is 3.50. The highest BCUT2D eigenvalue weighted by Crippen LogP contribution is 2.37. The van der Waals surface area contributed by atoms with Gasteiger partial charge in [0.05, 0.1) is 11.2 Å². The highest BCUT2D eigenvalue weighted by molar-refractivity contribution is 6.62. The van der Waals surface area contributed by atoms with Gasteiger partial charge in [-0.25, -0.2) is 0 Å². The minimum atomic E-state index is -0.340. The lowest BCUT2D eigenvalue weighted by molar-refractivity contribution is 0.00578. The van der Waals surface area contributed by atoms with Crippen LogP contribution >= 0.6 is 0 Å². The largest absolute Gasteiger partial charge is 0.494 e. The predicted molar refractivity (Wildman–Crippen MR) is 125 cm³/mol. The Morgan fingerprint density at radius 3 is 1.59 bits per heavy atom. The fourth-order valence-electron chi connectivity index (χ4n) is 3.50. The topological polar surface area (TPSA) is 18.5 Å². The predicted octanol–water partition coefficient (Wildman–Crippen LogP) is 6.25. The zero-order valence-electron chi connectivity index (χ0n) is 19.9. The van der Waals surface area contributed by atoms with Crippen LogP contribution in [0.2, 0.25) is 0 Å². The molecule has 1 aliphatic heterocycles. The third kappa shape index (κ3) is 4.46. The molecule has 0 aromatic heterocycles. The maximum atomic E-state index is 6.27. The first-order chi connectivity index (χ1) is 13.1. The maximum absolute atomic E-state index is 6.27. The fraction of sp³-hybridized carbons (Fsp3) is 0.538. The number of benzene rings is 2. The summed E-state index contributed by atoms with van der Waals surface area (Å²) in [4.78, 5) is 0. The van der Waals surface area contributed by atoms with E-state index in [2.05, 4.69) is 112 Å². The second kappa shape index (κ2) is 6.99.